The van der Waals surface area contributed by atoms with Gasteiger partial charge < -0.3 is 0 Å². The molecule has 3 nitrogen and oxygen atoms in total. The maximum atomic E-state index is 8.67. The Labute approximate surface area is 75.8 Å². The van der Waals surface area contributed by atoms with E-state index in [0.717, 1.165) is 0 Å². The quantitative estimate of drug-likeness (QED) is 0.459. The van der Waals surface area contributed by atoms with Crippen LogP contribution in [0.4, 0.5) is 0 Å². The largest absolute Gasteiger partial charge is 0.299 e. The van der Waals surface area contributed by atoms with Gasteiger partial charge in [-0.1, -0.05) is 0 Å². The fraction of sp³-hybridized carbons (Fsp3) is 0. The summed E-state index contributed by atoms with van der Waals surface area (Å²) in [5.74, 6) is 0. The Morgan fingerprint density at radius 1 is 1.33 bits per heavy atom. The molecule has 2 radical (unpaired) electrons. The molecule has 0 aromatic heterocycles. The van der Waals surface area contributed by atoms with Gasteiger partial charge in [-0.15, -0.1) is 0 Å². The van der Waals surface area contributed by atoms with Gasteiger partial charge in [0.1, 0.15) is 0 Å². The number of hydrogen-bond donors (Lipinski definition) is 2. The molecule has 0 atom stereocenters. The van der Waals surface area contributed by atoms with Crippen molar-refractivity contribution in [2.75, 3.05) is 0 Å². The third-order valence-electron chi connectivity index (χ3n) is 0. The predicted molar refractivity (Wildman–Crippen MR) is 19.2 cm³/mol. The van der Waals surface area contributed by atoms with Gasteiger partial charge in [0.05, 0.1) is 0 Å². The fourth-order valence-corrected chi connectivity index (χ4v) is 0. The van der Waals surface area contributed by atoms with E-state index in [9.17, 15) is 0 Å². The Bertz CT molecular complexity index is 33.8. The molecule has 0 amide bonds. The predicted octanol–water partition coefficient (Wildman–Crippen LogP) is -0.702. The molecule has 0 bridgehead atoms. The molecule has 0 aromatic rings. The van der Waals surface area contributed by atoms with E-state index in [1.807, 2.05) is 0 Å². The van der Waals surface area contributed by atoms with Gasteiger partial charge in [0.25, 0.3) is 11.4 Å². The molecule has 0 aliphatic rings. The molecule has 0 saturated carbocycles. The van der Waals surface area contributed by atoms with Crippen molar-refractivity contribution < 1.29 is 35.7 Å². The molecule has 0 unspecified atom stereocenters. The first-order valence-corrected chi connectivity index (χ1v) is 1.60. The van der Waals surface area contributed by atoms with E-state index in [0.29, 0.717) is 0 Å². The van der Waals surface area contributed by atoms with Gasteiger partial charge in [-0.05, 0) is 0 Å². The van der Waals surface area contributed by atoms with Crippen LogP contribution in [0.5, 0.6) is 0 Å². The third kappa shape index (κ3) is 41.0. The van der Waals surface area contributed by atoms with Crippen LogP contribution in [-0.4, -0.2) is 42.9 Å². The van der Waals surface area contributed by atoms with Crippen molar-refractivity contribution in [1.29, 1.82) is 0 Å². The molecule has 0 rings (SSSR count). The smallest absolute Gasteiger partial charge is 0.284 e. The molecule has 2 N–H and O–H groups in total. The van der Waals surface area contributed by atoms with Crippen molar-refractivity contribution in [2.24, 2.45) is 0 Å². The minimum Gasteiger partial charge on any atom is -0.284 e. The summed E-state index contributed by atoms with van der Waals surface area (Å²) >= 11 is -2.61. The van der Waals surface area contributed by atoms with Crippen LogP contribution >= 0.6 is 0 Å². The van der Waals surface area contributed by atoms with Crippen LogP contribution in [0.1, 0.15) is 0 Å². The molecular formula is H2AuNaO3S. The van der Waals surface area contributed by atoms with E-state index in [1.165, 1.54) is 0 Å². The molecule has 0 saturated heterocycles. The summed E-state index contributed by atoms with van der Waals surface area (Å²) in [6.07, 6.45) is 0. The van der Waals surface area contributed by atoms with Crippen LogP contribution in [0.3, 0.4) is 0 Å². The maximum absolute atomic E-state index is 8.67. The first-order chi connectivity index (χ1) is 1.73. The minimum atomic E-state index is -2.61. The maximum Gasteiger partial charge on any atom is 0.299 e. The van der Waals surface area contributed by atoms with Crippen molar-refractivity contribution in [3.63, 3.8) is 0 Å². The van der Waals surface area contributed by atoms with Crippen molar-refractivity contribution in [2.45, 2.75) is 0 Å². The summed E-state index contributed by atoms with van der Waals surface area (Å²) in [5, 5.41) is 0. The van der Waals surface area contributed by atoms with Crippen molar-refractivity contribution >= 4 is 40.9 Å². The van der Waals surface area contributed by atoms with Crippen LogP contribution in [-0.2, 0) is 33.7 Å². The summed E-state index contributed by atoms with van der Waals surface area (Å²) in [7, 11) is 0. The SMILES string of the molecule is O=S(O)O.[Au].[Na]. The standard InChI is InChI=1S/Au.Na.H2O3S/c;;1-4(2)3/h;;(H2,1,2,3). The average Bonchev–Trinajstić information content (AvgIpc) is 0.811. The third-order valence-corrected chi connectivity index (χ3v) is 0. The van der Waals surface area contributed by atoms with E-state index in [2.05, 4.69) is 0 Å². The van der Waals surface area contributed by atoms with Crippen LogP contribution in [0.2, 0.25) is 0 Å². The topological polar surface area (TPSA) is 57.5 Å². The zero-order chi connectivity index (χ0) is 3.58. The van der Waals surface area contributed by atoms with E-state index in [-0.39, 0.29) is 51.9 Å². The van der Waals surface area contributed by atoms with Crippen LogP contribution < -0.4 is 0 Å². The van der Waals surface area contributed by atoms with E-state index < -0.39 is 11.4 Å². The molecule has 0 spiro atoms. The summed E-state index contributed by atoms with van der Waals surface area (Å²) < 4.78 is 22.8. The van der Waals surface area contributed by atoms with Gasteiger partial charge in [0, 0.05) is 51.9 Å². The van der Waals surface area contributed by atoms with E-state index >= 15 is 0 Å². The zero-order valence-corrected chi connectivity index (χ0v) is 8.00. The van der Waals surface area contributed by atoms with Crippen molar-refractivity contribution in [3.8, 4) is 0 Å². The van der Waals surface area contributed by atoms with Gasteiger partial charge in [-0.25, -0.2) is 0 Å². The number of rotatable bonds is 0. The Morgan fingerprint density at radius 3 is 1.33 bits per heavy atom. The molecule has 0 aliphatic carbocycles. The molecule has 0 aliphatic heterocycles. The average molecular weight is 302 g/mol. The van der Waals surface area contributed by atoms with Gasteiger partial charge in [-0.2, -0.15) is 4.21 Å². The van der Waals surface area contributed by atoms with Crippen molar-refractivity contribution in [3.05, 3.63) is 0 Å². The van der Waals surface area contributed by atoms with Gasteiger partial charge >= 0.3 is 0 Å². The molecular weight excluding hydrogens is 300 g/mol. The van der Waals surface area contributed by atoms with Gasteiger partial charge in [0.15, 0.2) is 0 Å². The molecule has 6 heavy (non-hydrogen) atoms. The van der Waals surface area contributed by atoms with Crippen molar-refractivity contribution in [1.82, 2.24) is 0 Å². The van der Waals surface area contributed by atoms with Crippen LogP contribution in [0, 0.1) is 0 Å². The molecule has 0 aromatic carbocycles. The molecule has 6 heteroatoms. The fourth-order valence-electron chi connectivity index (χ4n) is 0. The second-order valence-corrected chi connectivity index (χ2v) is 0.692. The monoisotopic (exact) mass is 302 g/mol. The Hall–Kier alpha value is 1.81. The first kappa shape index (κ1) is 15.7. The first-order valence-electron chi connectivity index (χ1n) is 0.532. The summed E-state index contributed by atoms with van der Waals surface area (Å²) in [4.78, 5) is 0. The Balaban J connectivity index is -0.0000000450. The minimum absolute atomic E-state index is 0. The van der Waals surface area contributed by atoms with Gasteiger partial charge in [0.2, 0.25) is 0 Å². The summed E-state index contributed by atoms with van der Waals surface area (Å²) in [6, 6.07) is 0. The Morgan fingerprint density at radius 2 is 1.33 bits per heavy atom. The Kier molecular flexibility index (Phi) is 25.9. The zero-order valence-electron chi connectivity index (χ0n) is 3.01. The van der Waals surface area contributed by atoms with Gasteiger partial charge in [-0.3, -0.25) is 9.11 Å². The van der Waals surface area contributed by atoms with E-state index in [1.54, 1.807) is 0 Å². The normalized spacial score (nSPS) is 5.83. The number of hydrogen-bond acceptors (Lipinski definition) is 1. The second kappa shape index (κ2) is 9.94. The van der Waals surface area contributed by atoms with E-state index in [4.69, 9.17) is 13.3 Å². The summed E-state index contributed by atoms with van der Waals surface area (Å²) in [6.45, 7) is 0. The molecule has 0 fully saturated rings. The molecule has 38 valence electrons. The summed E-state index contributed by atoms with van der Waals surface area (Å²) in [5.41, 5.74) is 0. The van der Waals surface area contributed by atoms with Crippen LogP contribution in [0.15, 0.2) is 0 Å². The second-order valence-electron chi connectivity index (χ2n) is 0.231. The van der Waals surface area contributed by atoms with Crippen LogP contribution in [0.25, 0.3) is 0 Å². The molecule has 0 heterocycles.